The highest BCUT2D eigenvalue weighted by atomic mass is 28.4. The summed E-state index contributed by atoms with van der Waals surface area (Å²) in [6, 6.07) is 0.933. The van der Waals surface area contributed by atoms with Gasteiger partial charge in [0.15, 0.2) is 0 Å². The summed E-state index contributed by atoms with van der Waals surface area (Å²) >= 11 is 0. The molecule has 1 aliphatic heterocycles. The van der Waals surface area contributed by atoms with E-state index >= 15 is 0 Å². The van der Waals surface area contributed by atoms with Crippen molar-refractivity contribution in [1.29, 1.82) is 0 Å². The van der Waals surface area contributed by atoms with Crippen molar-refractivity contribution >= 4 is 8.80 Å². The van der Waals surface area contributed by atoms with Gasteiger partial charge in [-0.15, -0.1) is 0 Å². The Morgan fingerprint density at radius 3 is 1.85 bits per heavy atom. The molecule has 0 saturated carbocycles. The number of aliphatic hydroxyl groups is 1. The summed E-state index contributed by atoms with van der Waals surface area (Å²) in [4.78, 5) is 0. The second-order valence-corrected chi connectivity index (χ2v) is 8.04. The van der Waals surface area contributed by atoms with E-state index in [1.807, 2.05) is 0 Å². The maximum absolute atomic E-state index is 8.08. The van der Waals surface area contributed by atoms with Crippen molar-refractivity contribution in [3.05, 3.63) is 0 Å². The number of hydrogen-bond donors (Lipinski definition) is 1. The standard InChI is InChI=1S/C11H26O3Si.C3H6O2/c1-5-6-7-8-9-10-11-15(12-2,13-3)14-4;4-1-3-2-5-3/h5-11H2,1-4H3;3-4H,1-2H2. The lowest BCUT2D eigenvalue weighted by Gasteiger charge is -2.24. The van der Waals surface area contributed by atoms with E-state index in [-0.39, 0.29) is 12.7 Å². The van der Waals surface area contributed by atoms with Gasteiger partial charge in [-0.2, -0.15) is 0 Å². The number of unbranched alkanes of at least 4 members (excludes halogenated alkanes) is 5. The largest absolute Gasteiger partial charge is 0.500 e. The van der Waals surface area contributed by atoms with E-state index in [2.05, 4.69) is 11.7 Å². The third kappa shape index (κ3) is 9.85. The van der Waals surface area contributed by atoms with Crippen LogP contribution in [-0.4, -0.2) is 54.6 Å². The van der Waals surface area contributed by atoms with Crippen LogP contribution in [0.2, 0.25) is 6.04 Å². The van der Waals surface area contributed by atoms with Gasteiger partial charge >= 0.3 is 8.80 Å². The number of rotatable bonds is 11. The van der Waals surface area contributed by atoms with Gasteiger partial charge in [-0.05, 0) is 6.42 Å². The minimum absolute atomic E-state index is 0.190. The average molecular weight is 308 g/mol. The average Bonchev–Trinajstić information content (AvgIpc) is 3.32. The van der Waals surface area contributed by atoms with Crippen LogP contribution in [0.4, 0.5) is 0 Å². The van der Waals surface area contributed by atoms with E-state index in [9.17, 15) is 0 Å². The smallest absolute Gasteiger partial charge is 0.394 e. The zero-order valence-corrected chi connectivity index (χ0v) is 14.5. The van der Waals surface area contributed by atoms with Crippen LogP contribution in [0.3, 0.4) is 0 Å². The Balaban J connectivity index is 0.000000595. The number of ether oxygens (including phenoxy) is 1. The molecule has 1 rings (SSSR count). The molecule has 1 saturated heterocycles. The lowest BCUT2D eigenvalue weighted by molar-refractivity contribution is 0.122. The number of hydrogen-bond acceptors (Lipinski definition) is 5. The molecule has 0 aromatic carbocycles. The summed E-state index contributed by atoms with van der Waals surface area (Å²) in [5.74, 6) is 0. The van der Waals surface area contributed by atoms with Crippen LogP contribution in [-0.2, 0) is 18.0 Å². The van der Waals surface area contributed by atoms with Gasteiger partial charge in [0, 0.05) is 27.4 Å². The van der Waals surface area contributed by atoms with Crippen molar-refractivity contribution in [3.63, 3.8) is 0 Å². The molecule has 20 heavy (non-hydrogen) atoms. The van der Waals surface area contributed by atoms with Crippen molar-refractivity contribution < 1.29 is 23.1 Å². The minimum Gasteiger partial charge on any atom is -0.394 e. The predicted molar refractivity (Wildman–Crippen MR) is 81.8 cm³/mol. The molecular formula is C14H32O5Si. The summed E-state index contributed by atoms with van der Waals surface area (Å²) in [6.07, 6.45) is 7.90. The molecule has 6 heteroatoms. The quantitative estimate of drug-likeness (QED) is 0.361. The van der Waals surface area contributed by atoms with Crippen LogP contribution in [0.25, 0.3) is 0 Å². The number of epoxide rings is 1. The zero-order valence-electron chi connectivity index (χ0n) is 13.5. The summed E-state index contributed by atoms with van der Waals surface area (Å²) in [5.41, 5.74) is 0. The molecule has 122 valence electrons. The third-order valence-corrected chi connectivity index (χ3v) is 6.21. The van der Waals surface area contributed by atoms with E-state index in [1.165, 1.54) is 32.1 Å². The molecule has 0 aliphatic carbocycles. The maximum Gasteiger partial charge on any atom is 0.500 e. The van der Waals surface area contributed by atoms with E-state index < -0.39 is 8.80 Å². The Morgan fingerprint density at radius 2 is 1.50 bits per heavy atom. The van der Waals surface area contributed by atoms with Gasteiger partial charge in [-0.3, -0.25) is 0 Å². The highest BCUT2D eigenvalue weighted by Crippen LogP contribution is 2.18. The SMILES string of the molecule is CCCCCCCC[Si](OC)(OC)OC.OCC1CO1. The maximum atomic E-state index is 8.08. The van der Waals surface area contributed by atoms with Gasteiger partial charge in [0.25, 0.3) is 0 Å². The Hall–Kier alpha value is 0.0169. The van der Waals surface area contributed by atoms with Gasteiger partial charge in [0.2, 0.25) is 0 Å². The summed E-state index contributed by atoms with van der Waals surface area (Å²) in [6.45, 7) is 3.19. The third-order valence-electron chi connectivity index (χ3n) is 3.38. The molecule has 0 aromatic rings. The Bertz CT molecular complexity index is 199. The first-order chi connectivity index (χ1) is 9.67. The molecule has 1 N–H and O–H groups in total. The van der Waals surface area contributed by atoms with Gasteiger partial charge < -0.3 is 23.1 Å². The highest BCUT2D eigenvalue weighted by Gasteiger charge is 2.36. The van der Waals surface area contributed by atoms with Gasteiger partial charge in [-0.25, -0.2) is 0 Å². The van der Waals surface area contributed by atoms with Crippen LogP contribution in [0.1, 0.15) is 45.4 Å². The van der Waals surface area contributed by atoms with Crippen molar-refractivity contribution in [2.24, 2.45) is 0 Å². The van der Waals surface area contributed by atoms with Crippen molar-refractivity contribution in [1.82, 2.24) is 0 Å². The molecule has 1 unspecified atom stereocenters. The van der Waals surface area contributed by atoms with Crippen molar-refractivity contribution in [2.75, 3.05) is 34.5 Å². The molecule has 1 atom stereocenters. The van der Waals surface area contributed by atoms with E-state index in [0.29, 0.717) is 0 Å². The summed E-state index contributed by atoms with van der Waals surface area (Å²) < 4.78 is 20.7. The van der Waals surface area contributed by atoms with Crippen LogP contribution in [0.5, 0.6) is 0 Å². The van der Waals surface area contributed by atoms with E-state index in [1.54, 1.807) is 21.3 Å². The first-order valence-corrected chi connectivity index (χ1v) is 9.49. The second-order valence-electron chi connectivity index (χ2n) is 4.95. The fourth-order valence-corrected chi connectivity index (χ4v) is 3.65. The molecule has 1 fully saturated rings. The number of aliphatic hydroxyl groups excluding tert-OH is 1. The molecule has 1 heterocycles. The lowest BCUT2D eigenvalue weighted by Crippen LogP contribution is -2.42. The lowest BCUT2D eigenvalue weighted by atomic mass is 10.1. The fourth-order valence-electron chi connectivity index (χ4n) is 1.85. The van der Waals surface area contributed by atoms with Crippen LogP contribution in [0, 0.1) is 0 Å². The van der Waals surface area contributed by atoms with Gasteiger partial charge in [0.05, 0.1) is 13.2 Å². The molecule has 0 aromatic heterocycles. The van der Waals surface area contributed by atoms with Gasteiger partial charge in [0.1, 0.15) is 6.10 Å². The zero-order chi connectivity index (χ0) is 15.3. The first kappa shape index (κ1) is 20.0. The summed E-state index contributed by atoms with van der Waals surface area (Å²) in [7, 11) is 2.74. The van der Waals surface area contributed by atoms with E-state index in [0.717, 1.165) is 19.1 Å². The first-order valence-electron chi connectivity index (χ1n) is 7.55. The molecule has 0 radical (unpaired) electrons. The molecule has 0 bridgehead atoms. The van der Waals surface area contributed by atoms with Gasteiger partial charge in [-0.1, -0.05) is 39.0 Å². The monoisotopic (exact) mass is 308 g/mol. The topological polar surface area (TPSA) is 60.5 Å². The van der Waals surface area contributed by atoms with Crippen molar-refractivity contribution in [3.8, 4) is 0 Å². The molecular weight excluding hydrogens is 276 g/mol. The molecule has 0 amide bonds. The normalized spacial score (nSPS) is 17.6. The fraction of sp³-hybridized carbons (Fsp3) is 1.00. The van der Waals surface area contributed by atoms with Crippen LogP contribution < -0.4 is 0 Å². The van der Waals surface area contributed by atoms with E-state index in [4.69, 9.17) is 18.4 Å². The summed E-state index contributed by atoms with van der Waals surface area (Å²) in [5, 5.41) is 8.08. The Kier molecular flexibility index (Phi) is 12.7. The predicted octanol–water partition coefficient (Wildman–Crippen LogP) is 2.60. The Labute approximate surface area is 124 Å². The Morgan fingerprint density at radius 1 is 1.00 bits per heavy atom. The van der Waals surface area contributed by atoms with Crippen LogP contribution in [0.15, 0.2) is 0 Å². The van der Waals surface area contributed by atoms with Crippen LogP contribution >= 0.6 is 0 Å². The second kappa shape index (κ2) is 12.7. The molecule has 1 aliphatic rings. The molecule has 5 nitrogen and oxygen atoms in total. The molecule has 0 spiro atoms. The minimum atomic E-state index is -2.29. The van der Waals surface area contributed by atoms with Crippen molar-refractivity contribution in [2.45, 2.75) is 57.6 Å². The highest BCUT2D eigenvalue weighted by molar-refractivity contribution is 6.60.